The first-order chi connectivity index (χ1) is 7.25. The van der Waals surface area contributed by atoms with Gasteiger partial charge in [0.25, 0.3) is 0 Å². The maximum atomic E-state index is 9.89. The summed E-state index contributed by atoms with van der Waals surface area (Å²) in [5.74, 6) is 0. The standard InChI is InChI=1S/C12H14N2O/c1-9-3-2-4-10(5-9)6-12(15)11-7-13-14-8-11/h2-5,7-8,12,15H,6H2,1H3,(H,13,14). The summed E-state index contributed by atoms with van der Waals surface area (Å²) in [5, 5.41) is 16.4. The van der Waals surface area contributed by atoms with E-state index in [4.69, 9.17) is 0 Å². The van der Waals surface area contributed by atoms with Crippen LogP contribution in [0, 0.1) is 6.92 Å². The zero-order valence-electron chi connectivity index (χ0n) is 8.64. The van der Waals surface area contributed by atoms with Gasteiger partial charge in [-0.25, -0.2) is 0 Å². The number of H-pyrrole nitrogens is 1. The SMILES string of the molecule is Cc1cccc(CC(O)c2cn[nH]c2)c1. The summed E-state index contributed by atoms with van der Waals surface area (Å²) < 4.78 is 0. The maximum Gasteiger partial charge on any atom is 0.0860 e. The molecule has 0 aliphatic heterocycles. The van der Waals surface area contributed by atoms with Crippen molar-refractivity contribution in [2.45, 2.75) is 19.4 Å². The van der Waals surface area contributed by atoms with Gasteiger partial charge in [0.05, 0.1) is 12.3 Å². The highest BCUT2D eigenvalue weighted by Crippen LogP contribution is 2.17. The van der Waals surface area contributed by atoms with Crippen LogP contribution in [0.15, 0.2) is 36.7 Å². The normalized spacial score (nSPS) is 12.7. The summed E-state index contributed by atoms with van der Waals surface area (Å²) in [7, 11) is 0. The van der Waals surface area contributed by atoms with Crippen molar-refractivity contribution < 1.29 is 5.11 Å². The third-order valence-corrected chi connectivity index (χ3v) is 2.42. The fourth-order valence-electron chi connectivity index (χ4n) is 1.62. The Bertz CT molecular complexity index is 423. The summed E-state index contributed by atoms with van der Waals surface area (Å²) in [6.07, 6.45) is 3.52. The van der Waals surface area contributed by atoms with E-state index in [1.807, 2.05) is 25.1 Å². The smallest absolute Gasteiger partial charge is 0.0860 e. The molecule has 1 heterocycles. The van der Waals surface area contributed by atoms with Gasteiger partial charge in [0.1, 0.15) is 0 Å². The molecule has 0 saturated heterocycles. The summed E-state index contributed by atoms with van der Waals surface area (Å²) in [6, 6.07) is 8.17. The van der Waals surface area contributed by atoms with Gasteiger partial charge in [-0.05, 0) is 12.5 Å². The molecule has 0 radical (unpaired) electrons. The van der Waals surface area contributed by atoms with Gasteiger partial charge >= 0.3 is 0 Å². The number of hydrogen-bond donors (Lipinski definition) is 2. The lowest BCUT2D eigenvalue weighted by Gasteiger charge is -2.08. The Morgan fingerprint density at radius 3 is 3.00 bits per heavy atom. The molecule has 0 aliphatic carbocycles. The molecule has 0 bridgehead atoms. The van der Waals surface area contributed by atoms with E-state index in [2.05, 4.69) is 16.3 Å². The third kappa shape index (κ3) is 2.44. The van der Waals surface area contributed by atoms with E-state index in [1.54, 1.807) is 12.4 Å². The Balaban J connectivity index is 2.09. The van der Waals surface area contributed by atoms with E-state index in [0.717, 1.165) is 11.1 Å². The third-order valence-electron chi connectivity index (χ3n) is 2.42. The Labute approximate surface area is 88.8 Å². The molecule has 15 heavy (non-hydrogen) atoms. The van der Waals surface area contributed by atoms with Crippen molar-refractivity contribution in [1.82, 2.24) is 10.2 Å². The Morgan fingerprint density at radius 2 is 2.33 bits per heavy atom. The van der Waals surface area contributed by atoms with Gasteiger partial charge in [-0.1, -0.05) is 29.8 Å². The highest BCUT2D eigenvalue weighted by Gasteiger charge is 2.09. The monoisotopic (exact) mass is 202 g/mol. The average Bonchev–Trinajstić information content (AvgIpc) is 2.70. The summed E-state index contributed by atoms with van der Waals surface area (Å²) >= 11 is 0. The first kappa shape index (κ1) is 9.93. The van der Waals surface area contributed by atoms with Crippen molar-refractivity contribution in [3.8, 4) is 0 Å². The first-order valence-corrected chi connectivity index (χ1v) is 4.98. The zero-order chi connectivity index (χ0) is 10.7. The van der Waals surface area contributed by atoms with Gasteiger partial charge in [0.15, 0.2) is 0 Å². The molecule has 1 aromatic carbocycles. The van der Waals surface area contributed by atoms with Crippen LogP contribution in [0.2, 0.25) is 0 Å². The van der Waals surface area contributed by atoms with Gasteiger partial charge in [0.2, 0.25) is 0 Å². The lowest BCUT2D eigenvalue weighted by atomic mass is 10.0. The molecular weight excluding hydrogens is 188 g/mol. The van der Waals surface area contributed by atoms with Gasteiger partial charge in [-0.15, -0.1) is 0 Å². The Hall–Kier alpha value is -1.61. The van der Waals surface area contributed by atoms with Crippen LogP contribution in [0.3, 0.4) is 0 Å². The van der Waals surface area contributed by atoms with Crippen molar-refractivity contribution in [1.29, 1.82) is 0 Å². The largest absolute Gasteiger partial charge is 0.388 e. The molecule has 1 unspecified atom stereocenters. The van der Waals surface area contributed by atoms with E-state index >= 15 is 0 Å². The number of aliphatic hydroxyl groups is 1. The van der Waals surface area contributed by atoms with Crippen LogP contribution in [-0.4, -0.2) is 15.3 Å². The van der Waals surface area contributed by atoms with Crippen molar-refractivity contribution in [3.05, 3.63) is 53.3 Å². The highest BCUT2D eigenvalue weighted by atomic mass is 16.3. The van der Waals surface area contributed by atoms with Crippen molar-refractivity contribution in [3.63, 3.8) is 0 Å². The topological polar surface area (TPSA) is 48.9 Å². The second-order valence-corrected chi connectivity index (χ2v) is 3.74. The number of rotatable bonds is 3. The number of aryl methyl sites for hydroxylation is 1. The lowest BCUT2D eigenvalue weighted by Crippen LogP contribution is -2.00. The first-order valence-electron chi connectivity index (χ1n) is 4.98. The average molecular weight is 202 g/mol. The number of aromatic nitrogens is 2. The number of nitrogens with zero attached hydrogens (tertiary/aromatic N) is 1. The van der Waals surface area contributed by atoms with Gasteiger partial charge in [0, 0.05) is 18.2 Å². The molecule has 0 aliphatic rings. The van der Waals surface area contributed by atoms with E-state index < -0.39 is 6.10 Å². The van der Waals surface area contributed by atoms with Crippen LogP contribution in [0.5, 0.6) is 0 Å². The van der Waals surface area contributed by atoms with Gasteiger partial charge in [-0.2, -0.15) is 5.10 Å². The Kier molecular flexibility index (Phi) is 2.83. The van der Waals surface area contributed by atoms with Crippen LogP contribution in [0.4, 0.5) is 0 Å². The summed E-state index contributed by atoms with van der Waals surface area (Å²) in [6.45, 7) is 2.05. The predicted octanol–water partition coefficient (Wildman–Crippen LogP) is 1.99. The van der Waals surface area contributed by atoms with E-state index in [0.29, 0.717) is 6.42 Å². The van der Waals surface area contributed by atoms with Crippen LogP contribution >= 0.6 is 0 Å². The Morgan fingerprint density at radius 1 is 1.47 bits per heavy atom. The molecular formula is C12H14N2O. The van der Waals surface area contributed by atoms with Crippen LogP contribution in [0.1, 0.15) is 22.8 Å². The minimum absolute atomic E-state index is 0.481. The van der Waals surface area contributed by atoms with Crippen molar-refractivity contribution in [2.24, 2.45) is 0 Å². The van der Waals surface area contributed by atoms with Crippen LogP contribution < -0.4 is 0 Å². The predicted molar refractivity (Wildman–Crippen MR) is 58.4 cm³/mol. The molecule has 3 nitrogen and oxygen atoms in total. The number of hydrogen-bond acceptors (Lipinski definition) is 2. The molecule has 2 aromatic rings. The van der Waals surface area contributed by atoms with Gasteiger partial charge in [-0.3, -0.25) is 5.10 Å². The molecule has 2 N–H and O–H groups in total. The molecule has 0 fully saturated rings. The highest BCUT2D eigenvalue weighted by molar-refractivity contribution is 5.24. The number of nitrogens with one attached hydrogen (secondary N) is 1. The fraction of sp³-hybridized carbons (Fsp3) is 0.250. The zero-order valence-corrected chi connectivity index (χ0v) is 8.64. The maximum absolute atomic E-state index is 9.89. The molecule has 2 rings (SSSR count). The van der Waals surface area contributed by atoms with Crippen molar-refractivity contribution in [2.75, 3.05) is 0 Å². The lowest BCUT2D eigenvalue weighted by molar-refractivity contribution is 0.178. The molecule has 0 spiro atoms. The molecule has 1 atom stereocenters. The molecule has 3 heteroatoms. The molecule has 0 amide bonds. The summed E-state index contributed by atoms with van der Waals surface area (Å²) in [5.41, 5.74) is 3.19. The molecule has 0 saturated carbocycles. The fourth-order valence-corrected chi connectivity index (χ4v) is 1.62. The van der Waals surface area contributed by atoms with Crippen LogP contribution in [-0.2, 0) is 6.42 Å². The summed E-state index contributed by atoms with van der Waals surface area (Å²) in [4.78, 5) is 0. The second kappa shape index (κ2) is 4.28. The van der Waals surface area contributed by atoms with E-state index in [1.165, 1.54) is 5.56 Å². The quantitative estimate of drug-likeness (QED) is 0.799. The molecule has 78 valence electrons. The van der Waals surface area contributed by atoms with E-state index in [-0.39, 0.29) is 0 Å². The number of benzene rings is 1. The van der Waals surface area contributed by atoms with E-state index in [9.17, 15) is 5.11 Å². The minimum atomic E-state index is -0.481. The number of aromatic amines is 1. The second-order valence-electron chi connectivity index (χ2n) is 3.74. The number of aliphatic hydroxyl groups excluding tert-OH is 1. The minimum Gasteiger partial charge on any atom is -0.388 e. The van der Waals surface area contributed by atoms with Crippen molar-refractivity contribution >= 4 is 0 Å². The van der Waals surface area contributed by atoms with Gasteiger partial charge < -0.3 is 5.11 Å². The molecule has 1 aromatic heterocycles. The van der Waals surface area contributed by atoms with Crippen LogP contribution in [0.25, 0.3) is 0 Å².